The molecule has 1 aromatic rings. The van der Waals surface area contributed by atoms with Gasteiger partial charge in [0.2, 0.25) is 0 Å². The van der Waals surface area contributed by atoms with Crippen molar-refractivity contribution in [3.8, 4) is 5.75 Å². The van der Waals surface area contributed by atoms with Gasteiger partial charge in [-0.15, -0.1) is 0 Å². The van der Waals surface area contributed by atoms with Crippen LogP contribution in [0.25, 0.3) is 0 Å². The molecule has 1 aromatic carbocycles. The van der Waals surface area contributed by atoms with Crippen molar-refractivity contribution >= 4 is 29.0 Å². The Morgan fingerprint density at radius 2 is 2.21 bits per heavy atom. The molecule has 2 rings (SSSR count). The van der Waals surface area contributed by atoms with Gasteiger partial charge in [0.1, 0.15) is 5.75 Å². The number of carbonyl (C=O) groups excluding carboxylic acids is 1. The minimum atomic E-state index is -0.125. The predicted octanol–water partition coefficient (Wildman–Crippen LogP) is 4.00. The number of ether oxygens (including phenoxy) is 2. The summed E-state index contributed by atoms with van der Waals surface area (Å²) >= 11 is 12.2. The van der Waals surface area contributed by atoms with E-state index in [0.29, 0.717) is 34.6 Å². The van der Waals surface area contributed by atoms with Crippen molar-refractivity contribution in [3.63, 3.8) is 0 Å². The van der Waals surface area contributed by atoms with E-state index in [-0.39, 0.29) is 11.7 Å². The molecule has 0 spiro atoms. The van der Waals surface area contributed by atoms with Crippen LogP contribution in [0.5, 0.6) is 5.75 Å². The number of hydrogen-bond donors (Lipinski definition) is 0. The SMILES string of the molecule is CCOc1cc(Cl)c(C(=O)C2CCCOC2)cc1Cl. The molecule has 5 heteroatoms. The van der Waals surface area contributed by atoms with Crippen molar-refractivity contribution in [2.75, 3.05) is 19.8 Å². The van der Waals surface area contributed by atoms with Gasteiger partial charge in [0.05, 0.1) is 23.3 Å². The topological polar surface area (TPSA) is 35.5 Å². The van der Waals surface area contributed by atoms with Crippen molar-refractivity contribution in [1.29, 1.82) is 0 Å². The molecule has 104 valence electrons. The zero-order valence-corrected chi connectivity index (χ0v) is 12.3. The zero-order chi connectivity index (χ0) is 13.8. The molecule has 0 bridgehead atoms. The van der Waals surface area contributed by atoms with E-state index in [4.69, 9.17) is 32.7 Å². The first-order chi connectivity index (χ1) is 9.13. The van der Waals surface area contributed by atoms with Crippen LogP contribution in [0.3, 0.4) is 0 Å². The van der Waals surface area contributed by atoms with Gasteiger partial charge in [-0.05, 0) is 25.8 Å². The third-order valence-corrected chi connectivity index (χ3v) is 3.73. The second kappa shape index (κ2) is 6.60. The molecular formula is C14H16Cl2O3. The zero-order valence-electron chi connectivity index (χ0n) is 10.7. The lowest BCUT2D eigenvalue weighted by atomic mass is 9.92. The summed E-state index contributed by atoms with van der Waals surface area (Å²) in [6.45, 7) is 3.55. The fourth-order valence-corrected chi connectivity index (χ4v) is 2.62. The standard InChI is InChI=1S/C14H16Cl2O3/c1-2-19-13-7-11(15)10(6-12(13)16)14(17)9-4-3-5-18-8-9/h6-7,9H,2-5,8H2,1H3. The van der Waals surface area contributed by atoms with E-state index in [0.717, 1.165) is 19.4 Å². The van der Waals surface area contributed by atoms with Gasteiger partial charge in [0.15, 0.2) is 5.78 Å². The number of benzene rings is 1. The summed E-state index contributed by atoms with van der Waals surface area (Å²) in [4.78, 5) is 12.4. The summed E-state index contributed by atoms with van der Waals surface area (Å²) in [6.07, 6.45) is 1.73. The molecule has 0 aromatic heterocycles. The fraction of sp³-hybridized carbons (Fsp3) is 0.500. The number of hydrogen-bond acceptors (Lipinski definition) is 3. The predicted molar refractivity (Wildman–Crippen MR) is 75.5 cm³/mol. The highest BCUT2D eigenvalue weighted by Gasteiger charge is 2.25. The van der Waals surface area contributed by atoms with Crippen LogP contribution in [0, 0.1) is 5.92 Å². The quantitative estimate of drug-likeness (QED) is 0.789. The Morgan fingerprint density at radius 1 is 1.42 bits per heavy atom. The first kappa shape index (κ1) is 14.6. The lowest BCUT2D eigenvalue weighted by Crippen LogP contribution is -2.25. The lowest BCUT2D eigenvalue weighted by molar-refractivity contribution is 0.0461. The largest absolute Gasteiger partial charge is 0.492 e. The molecule has 0 amide bonds. The molecule has 1 unspecified atom stereocenters. The lowest BCUT2D eigenvalue weighted by Gasteiger charge is -2.21. The Hall–Kier alpha value is -0.770. The van der Waals surface area contributed by atoms with Crippen LogP contribution in [-0.2, 0) is 4.74 Å². The summed E-state index contributed by atoms with van der Waals surface area (Å²) in [5, 5.41) is 0.787. The summed E-state index contributed by atoms with van der Waals surface area (Å²) in [5.41, 5.74) is 0.450. The maximum atomic E-state index is 12.4. The smallest absolute Gasteiger partial charge is 0.169 e. The third-order valence-electron chi connectivity index (χ3n) is 3.12. The Balaban J connectivity index is 2.24. The van der Waals surface area contributed by atoms with E-state index < -0.39 is 0 Å². The second-order valence-corrected chi connectivity index (χ2v) is 5.29. The fourth-order valence-electron chi connectivity index (χ4n) is 2.15. The van der Waals surface area contributed by atoms with Crippen LogP contribution in [0.1, 0.15) is 30.1 Å². The van der Waals surface area contributed by atoms with E-state index in [9.17, 15) is 4.79 Å². The molecule has 0 saturated carbocycles. The first-order valence-corrected chi connectivity index (χ1v) is 7.13. The molecule has 1 saturated heterocycles. The van der Waals surface area contributed by atoms with Crippen LogP contribution < -0.4 is 4.74 Å². The molecule has 0 N–H and O–H groups in total. The van der Waals surface area contributed by atoms with E-state index >= 15 is 0 Å². The van der Waals surface area contributed by atoms with Crippen molar-refractivity contribution in [2.24, 2.45) is 5.92 Å². The number of rotatable bonds is 4. The van der Waals surface area contributed by atoms with Gasteiger partial charge >= 0.3 is 0 Å². The van der Waals surface area contributed by atoms with E-state index in [1.54, 1.807) is 12.1 Å². The third kappa shape index (κ3) is 3.41. The molecule has 1 aliphatic rings. The van der Waals surface area contributed by atoms with E-state index in [1.807, 2.05) is 6.92 Å². The number of ketones is 1. The number of carbonyl (C=O) groups is 1. The van der Waals surface area contributed by atoms with Crippen molar-refractivity contribution < 1.29 is 14.3 Å². The highest BCUT2D eigenvalue weighted by Crippen LogP contribution is 2.33. The van der Waals surface area contributed by atoms with Crippen LogP contribution >= 0.6 is 23.2 Å². The second-order valence-electron chi connectivity index (χ2n) is 4.47. The molecule has 1 atom stereocenters. The van der Waals surface area contributed by atoms with Crippen molar-refractivity contribution in [3.05, 3.63) is 27.7 Å². The Morgan fingerprint density at radius 3 is 2.84 bits per heavy atom. The van der Waals surface area contributed by atoms with E-state index in [1.165, 1.54) is 0 Å². The van der Waals surface area contributed by atoms with Crippen LogP contribution in [-0.4, -0.2) is 25.6 Å². The number of Topliss-reactive ketones (excluding diaryl/α,β-unsaturated/α-hetero) is 1. The van der Waals surface area contributed by atoms with Gasteiger partial charge in [0.25, 0.3) is 0 Å². The normalized spacial score (nSPS) is 19.2. The van der Waals surface area contributed by atoms with Gasteiger partial charge in [0, 0.05) is 24.2 Å². The summed E-state index contributed by atoms with van der Waals surface area (Å²) in [7, 11) is 0. The molecule has 1 aliphatic heterocycles. The van der Waals surface area contributed by atoms with Gasteiger partial charge in [-0.25, -0.2) is 0 Å². The first-order valence-electron chi connectivity index (χ1n) is 6.37. The van der Waals surface area contributed by atoms with Crippen LogP contribution in [0.2, 0.25) is 10.0 Å². The van der Waals surface area contributed by atoms with Gasteiger partial charge in [-0.2, -0.15) is 0 Å². The molecule has 19 heavy (non-hydrogen) atoms. The Bertz CT molecular complexity index is 468. The van der Waals surface area contributed by atoms with Gasteiger partial charge in [-0.1, -0.05) is 23.2 Å². The summed E-state index contributed by atoms with van der Waals surface area (Å²) in [5.74, 6) is 0.375. The van der Waals surface area contributed by atoms with Crippen LogP contribution in [0.15, 0.2) is 12.1 Å². The molecule has 3 nitrogen and oxygen atoms in total. The minimum absolute atomic E-state index is 0.00496. The minimum Gasteiger partial charge on any atom is -0.492 e. The monoisotopic (exact) mass is 302 g/mol. The maximum Gasteiger partial charge on any atom is 0.169 e. The van der Waals surface area contributed by atoms with Crippen molar-refractivity contribution in [1.82, 2.24) is 0 Å². The van der Waals surface area contributed by atoms with Gasteiger partial charge < -0.3 is 9.47 Å². The molecule has 1 fully saturated rings. The average Bonchev–Trinajstić information content (AvgIpc) is 2.43. The molecular weight excluding hydrogens is 287 g/mol. The van der Waals surface area contributed by atoms with Gasteiger partial charge in [-0.3, -0.25) is 4.79 Å². The Kier molecular flexibility index (Phi) is 5.08. The number of halogens is 2. The molecule has 0 aliphatic carbocycles. The Labute approximate surface area is 122 Å². The van der Waals surface area contributed by atoms with E-state index in [2.05, 4.69) is 0 Å². The highest BCUT2D eigenvalue weighted by atomic mass is 35.5. The molecule has 0 radical (unpaired) electrons. The van der Waals surface area contributed by atoms with Crippen molar-refractivity contribution in [2.45, 2.75) is 19.8 Å². The highest BCUT2D eigenvalue weighted by molar-refractivity contribution is 6.36. The van der Waals surface area contributed by atoms with Crippen LogP contribution in [0.4, 0.5) is 0 Å². The maximum absolute atomic E-state index is 12.4. The summed E-state index contributed by atoms with van der Waals surface area (Å²) < 4.78 is 10.7. The summed E-state index contributed by atoms with van der Waals surface area (Å²) in [6, 6.07) is 3.19. The average molecular weight is 303 g/mol. The molecule has 1 heterocycles.